The molecule has 5 heteroatoms. The molecule has 2 N–H and O–H groups in total. The second-order valence-electron chi connectivity index (χ2n) is 4.22. The summed E-state index contributed by atoms with van der Waals surface area (Å²) in [6, 6.07) is 7.67. The Morgan fingerprint density at radius 3 is 2.05 bits per heavy atom. The Balaban J connectivity index is 2.25. The van der Waals surface area contributed by atoms with Gasteiger partial charge in [0.15, 0.2) is 0 Å². The van der Waals surface area contributed by atoms with Crippen molar-refractivity contribution < 1.29 is 13.2 Å². The summed E-state index contributed by atoms with van der Waals surface area (Å²) in [7, 11) is 0. The average Bonchev–Trinajstić information content (AvgIpc) is 2.30. The molecule has 0 radical (unpaired) electrons. The molecule has 100 valence electrons. The molecule has 0 bridgehead atoms. The van der Waals surface area contributed by atoms with Gasteiger partial charge in [0.2, 0.25) is 0 Å². The molecule has 0 heterocycles. The summed E-state index contributed by atoms with van der Waals surface area (Å²) >= 11 is 3.29. The van der Waals surface area contributed by atoms with Crippen LogP contribution >= 0.6 is 15.9 Å². The maximum Gasteiger partial charge on any atom is 0.133 e. The second kappa shape index (κ2) is 5.75. The molecule has 0 aliphatic heterocycles. The van der Waals surface area contributed by atoms with Crippen molar-refractivity contribution in [3.63, 3.8) is 0 Å². The Bertz CT molecular complexity index is 561. The Hall–Kier alpha value is -1.33. The van der Waals surface area contributed by atoms with Crippen molar-refractivity contribution in [3.05, 3.63) is 69.4 Å². The second-order valence-corrected chi connectivity index (χ2v) is 5.14. The molecular formula is C14H11BrF3N. The van der Waals surface area contributed by atoms with Gasteiger partial charge in [-0.25, -0.2) is 13.2 Å². The van der Waals surface area contributed by atoms with Gasteiger partial charge in [0.1, 0.15) is 17.5 Å². The third-order valence-corrected chi connectivity index (χ3v) is 3.31. The summed E-state index contributed by atoms with van der Waals surface area (Å²) in [4.78, 5) is 0. The van der Waals surface area contributed by atoms with Crippen molar-refractivity contribution in [2.24, 2.45) is 5.73 Å². The van der Waals surface area contributed by atoms with Crippen LogP contribution in [0, 0.1) is 17.5 Å². The van der Waals surface area contributed by atoms with Crippen molar-refractivity contribution in [2.45, 2.75) is 12.5 Å². The van der Waals surface area contributed by atoms with Crippen LogP contribution in [-0.2, 0) is 6.42 Å². The summed E-state index contributed by atoms with van der Waals surface area (Å²) in [5, 5.41) is 0. The molecule has 0 aliphatic rings. The zero-order chi connectivity index (χ0) is 14.0. The number of rotatable bonds is 3. The first-order chi connectivity index (χ1) is 8.97. The minimum atomic E-state index is -0.956. The molecule has 1 atom stereocenters. The predicted molar refractivity (Wildman–Crippen MR) is 71.1 cm³/mol. The summed E-state index contributed by atoms with van der Waals surface area (Å²) < 4.78 is 40.8. The minimum absolute atomic E-state index is 0.271. The topological polar surface area (TPSA) is 26.0 Å². The lowest BCUT2D eigenvalue weighted by Gasteiger charge is -2.14. The van der Waals surface area contributed by atoms with E-state index in [0.717, 1.165) is 10.0 Å². The predicted octanol–water partition coefficient (Wildman–Crippen LogP) is 4.11. The first-order valence-electron chi connectivity index (χ1n) is 5.62. The molecule has 0 aliphatic carbocycles. The van der Waals surface area contributed by atoms with Gasteiger partial charge < -0.3 is 5.73 Å². The van der Waals surface area contributed by atoms with E-state index in [2.05, 4.69) is 15.9 Å². The van der Waals surface area contributed by atoms with Crippen molar-refractivity contribution in [1.82, 2.24) is 0 Å². The first kappa shape index (κ1) is 14.1. The van der Waals surface area contributed by atoms with Crippen LogP contribution in [-0.4, -0.2) is 0 Å². The molecule has 2 aromatic rings. The van der Waals surface area contributed by atoms with Gasteiger partial charge in [-0.15, -0.1) is 0 Å². The SMILES string of the molecule is NC(Cc1ccc(Br)cc1)c1c(F)cc(F)cc1F. The van der Waals surface area contributed by atoms with Gasteiger partial charge in [-0.3, -0.25) is 0 Å². The van der Waals surface area contributed by atoms with Crippen LogP contribution in [0.5, 0.6) is 0 Å². The van der Waals surface area contributed by atoms with E-state index in [0.29, 0.717) is 12.1 Å². The maximum absolute atomic E-state index is 13.6. The third-order valence-electron chi connectivity index (χ3n) is 2.78. The van der Waals surface area contributed by atoms with Crippen LogP contribution in [0.25, 0.3) is 0 Å². The fourth-order valence-corrected chi connectivity index (χ4v) is 2.15. The molecule has 0 spiro atoms. The van der Waals surface area contributed by atoms with Gasteiger partial charge in [0.05, 0.1) is 0 Å². The molecule has 0 saturated carbocycles. The molecule has 1 nitrogen and oxygen atoms in total. The highest BCUT2D eigenvalue weighted by molar-refractivity contribution is 9.10. The van der Waals surface area contributed by atoms with E-state index in [9.17, 15) is 13.2 Å². The lowest BCUT2D eigenvalue weighted by Crippen LogP contribution is -2.17. The number of nitrogens with two attached hydrogens (primary N) is 1. The molecule has 0 saturated heterocycles. The monoisotopic (exact) mass is 329 g/mol. The van der Waals surface area contributed by atoms with E-state index in [1.807, 2.05) is 24.3 Å². The molecular weight excluding hydrogens is 319 g/mol. The fourth-order valence-electron chi connectivity index (χ4n) is 1.88. The molecule has 19 heavy (non-hydrogen) atoms. The van der Waals surface area contributed by atoms with Crippen LogP contribution in [0.4, 0.5) is 13.2 Å². The largest absolute Gasteiger partial charge is 0.323 e. The standard InChI is InChI=1S/C14H11BrF3N/c15-9-3-1-8(2-4-9)5-13(19)14-11(17)6-10(16)7-12(14)18/h1-4,6-7,13H,5,19H2. The molecule has 2 rings (SSSR count). The van der Waals surface area contributed by atoms with Gasteiger partial charge in [0, 0.05) is 28.2 Å². The fraction of sp³-hybridized carbons (Fsp3) is 0.143. The Labute approximate surface area is 117 Å². The molecule has 2 aromatic carbocycles. The highest BCUT2D eigenvalue weighted by atomic mass is 79.9. The third kappa shape index (κ3) is 3.36. The number of hydrogen-bond donors (Lipinski definition) is 1. The van der Waals surface area contributed by atoms with E-state index in [-0.39, 0.29) is 12.0 Å². The van der Waals surface area contributed by atoms with E-state index in [1.54, 1.807) is 0 Å². The number of hydrogen-bond acceptors (Lipinski definition) is 1. The van der Waals surface area contributed by atoms with E-state index in [4.69, 9.17) is 5.73 Å². The van der Waals surface area contributed by atoms with E-state index < -0.39 is 23.5 Å². The molecule has 0 fully saturated rings. The normalized spacial score (nSPS) is 12.5. The average molecular weight is 330 g/mol. The summed E-state index contributed by atoms with van der Waals surface area (Å²) in [5.74, 6) is -2.86. The van der Waals surface area contributed by atoms with Crippen molar-refractivity contribution >= 4 is 15.9 Å². The highest BCUT2D eigenvalue weighted by Gasteiger charge is 2.18. The van der Waals surface area contributed by atoms with Crippen LogP contribution < -0.4 is 5.73 Å². The Kier molecular flexibility index (Phi) is 4.27. The molecule has 0 aromatic heterocycles. The zero-order valence-electron chi connectivity index (χ0n) is 9.84. The first-order valence-corrected chi connectivity index (χ1v) is 6.41. The van der Waals surface area contributed by atoms with Crippen molar-refractivity contribution in [1.29, 1.82) is 0 Å². The summed E-state index contributed by atoms with van der Waals surface area (Å²) in [6.07, 6.45) is 0.271. The Morgan fingerprint density at radius 1 is 1.00 bits per heavy atom. The number of halogens is 4. The van der Waals surface area contributed by atoms with Crippen LogP contribution in [0.3, 0.4) is 0 Å². The van der Waals surface area contributed by atoms with Crippen LogP contribution in [0.15, 0.2) is 40.9 Å². The molecule has 0 amide bonds. The van der Waals surface area contributed by atoms with Crippen molar-refractivity contribution in [3.8, 4) is 0 Å². The smallest absolute Gasteiger partial charge is 0.133 e. The lowest BCUT2D eigenvalue weighted by molar-refractivity contribution is 0.501. The number of benzene rings is 2. The van der Waals surface area contributed by atoms with Gasteiger partial charge >= 0.3 is 0 Å². The van der Waals surface area contributed by atoms with Crippen LogP contribution in [0.1, 0.15) is 17.2 Å². The van der Waals surface area contributed by atoms with Gasteiger partial charge in [-0.1, -0.05) is 28.1 Å². The van der Waals surface area contributed by atoms with Crippen molar-refractivity contribution in [2.75, 3.05) is 0 Å². The quantitative estimate of drug-likeness (QED) is 0.901. The Morgan fingerprint density at radius 2 is 1.53 bits per heavy atom. The van der Waals surface area contributed by atoms with Crippen LogP contribution in [0.2, 0.25) is 0 Å². The minimum Gasteiger partial charge on any atom is -0.323 e. The maximum atomic E-state index is 13.6. The molecule has 1 unspecified atom stereocenters. The lowest BCUT2D eigenvalue weighted by atomic mass is 9.98. The zero-order valence-corrected chi connectivity index (χ0v) is 11.4. The van der Waals surface area contributed by atoms with Gasteiger partial charge in [0.25, 0.3) is 0 Å². The van der Waals surface area contributed by atoms with Gasteiger partial charge in [-0.2, -0.15) is 0 Å². The summed E-state index contributed by atoms with van der Waals surface area (Å²) in [5.41, 5.74) is 6.36. The summed E-state index contributed by atoms with van der Waals surface area (Å²) in [6.45, 7) is 0. The van der Waals surface area contributed by atoms with E-state index in [1.165, 1.54) is 0 Å². The highest BCUT2D eigenvalue weighted by Crippen LogP contribution is 2.24. The van der Waals surface area contributed by atoms with Gasteiger partial charge in [-0.05, 0) is 24.1 Å². The van der Waals surface area contributed by atoms with E-state index >= 15 is 0 Å².